The van der Waals surface area contributed by atoms with Gasteiger partial charge in [-0.3, -0.25) is 15.0 Å². The van der Waals surface area contributed by atoms with Crippen molar-refractivity contribution in [3.05, 3.63) is 148 Å². The van der Waals surface area contributed by atoms with Crippen molar-refractivity contribution in [3.63, 3.8) is 0 Å². The van der Waals surface area contributed by atoms with Crippen LogP contribution in [0.25, 0.3) is 6.08 Å². The monoisotopic (exact) mass is 525 g/mol. The number of nitrogens with zero attached hydrogens (tertiary/aromatic N) is 2. The largest absolute Gasteiger partial charge is 0.286 e. The topological polar surface area (TPSA) is 92.5 Å². The van der Waals surface area contributed by atoms with Gasteiger partial charge in [0.05, 0.1) is 15.9 Å². The Morgan fingerprint density at radius 3 is 1.89 bits per heavy atom. The number of hydrogen-bond donors (Lipinski definition) is 1. The normalized spacial score (nSPS) is 16.8. The van der Waals surface area contributed by atoms with E-state index in [0.717, 1.165) is 22.3 Å². The predicted octanol–water partition coefficient (Wildman–Crippen LogP) is 5.71. The zero-order valence-electron chi connectivity index (χ0n) is 20.6. The van der Waals surface area contributed by atoms with Crippen molar-refractivity contribution >= 4 is 21.8 Å². The van der Waals surface area contributed by atoms with Gasteiger partial charge in [-0.15, -0.1) is 0 Å². The highest BCUT2D eigenvalue weighted by atomic mass is 32.2. The predicted molar refractivity (Wildman–Crippen MR) is 148 cm³/mol. The van der Waals surface area contributed by atoms with E-state index in [4.69, 9.17) is 0 Å². The zero-order chi connectivity index (χ0) is 26.5. The molecule has 5 rings (SSSR count). The Labute approximate surface area is 222 Å². The minimum atomic E-state index is -3.99. The molecule has 0 bridgehead atoms. The van der Waals surface area contributed by atoms with Crippen LogP contribution >= 0.6 is 0 Å². The van der Waals surface area contributed by atoms with Gasteiger partial charge in [0, 0.05) is 31.3 Å². The second-order valence-electron chi connectivity index (χ2n) is 9.20. The summed E-state index contributed by atoms with van der Waals surface area (Å²) in [4.78, 5) is 12.8. The maximum atomic E-state index is 13.6. The minimum absolute atomic E-state index is 0.0217. The van der Waals surface area contributed by atoms with Gasteiger partial charge in [0.25, 0.3) is 5.69 Å². The molecule has 4 aromatic rings. The molecular formula is C30H27N3O4S. The van der Waals surface area contributed by atoms with Gasteiger partial charge in [-0.25, -0.2) is 13.1 Å². The van der Waals surface area contributed by atoms with Gasteiger partial charge in [0.2, 0.25) is 10.0 Å². The molecule has 0 aromatic heterocycles. The highest BCUT2D eigenvalue weighted by Gasteiger charge is 2.34. The summed E-state index contributed by atoms with van der Waals surface area (Å²) in [6.07, 6.45) is 4.09. The molecule has 8 heteroatoms. The van der Waals surface area contributed by atoms with Crippen LogP contribution in [0.1, 0.15) is 28.3 Å². The van der Waals surface area contributed by atoms with E-state index in [0.29, 0.717) is 13.1 Å². The molecule has 0 saturated heterocycles. The Morgan fingerprint density at radius 1 is 0.763 bits per heavy atom. The van der Waals surface area contributed by atoms with Gasteiger partial charge >= 0.3 is 0 Å². The summed E-state index contributed by atoms with van der Waals surface area (Å²) in [6, 6.07) is 32.0. The number of rotatable bonds is 9. The lowest BCUT2D eigenvalue weighted by molar-refractivity contribution is -0.384. The average Bonchev–Trinajstić information content (AvgIpc) is 2.94. The van der Waals surface area contributed by atoms with E-state index < -0.39 is 21.0 Å². The lowest BCUT2D eigenvalue weighted by Gasteiger charge is -2.38. The highest BCUT2D eigenvalue weighted by Crippen LogP contribution is 2.34. The van der Waals surface area contributed by atoms with Gasteiger partial charge in [0.15, 0.2) is 0 Å². The molecule has 0 fully saturated rings. The summed E-state index contributed by atoms with van der Waals surface area (Å²) >= 11 is 0. The first kappa shape index (κ1) is 25.5. The summed E-state index contributed by atoms with van der Waals surface area (Å²) in [5.74, 6) is 0. The first-order valence-electron chi connectivity index (χ1n) is 12.3. The molecule has 1 aliphatic rings. The Bertz CT molecular complexity index is 1500. The van der Waals surface area contributed by atoms with Crippen molar-refractivity contribution < 1.29 is 13.3 Å². The lowest BCUT2D eigenvalue weighted by atomic mass is 9.88. The molecule has 192 valence electrons. The van der Waals surface area contributed by atoms with Crippen molar-refractivity contribution in [3.8, 4) is 0 Å². The fourth-order valence-electron chi connectivity index (χ4n) is 4.79. The van der Waals surface area contributed by atoms with Crippen LogP contribution in [0.2, 0.25) is 0 Å². The number of benzene rings is 4. The van der Waals surface area contributed by atoms with Gasteiger partial charge in [-0.1, -0.05) is 97.1 Å². The van der Waals surface area contributed by atoms with Gasteiger partial charge in [0.1, 0.15) is 0 Å². The van der Waals surface area contributed by atoms with E-state index >= 15 is 0 Å². The first-order valence-corrected chi connectivity index (χ1v) is 13.7. The van der Waals surface area contributed by atoms with E-state index in [2.05, 4.69) is 40.0 Å². The highest BCUT2D eigenvalue weighted by molar-refractivity contribution is 7.89. The Balaban J connectivity index is 1.53. The number of nitrogens with one attached hydrogen (secondary N) is 1. The third kappa shape index (κ3) is 5.73. The number of nitro groups is 1. The maximum absolute atomic E-state index is 13.6. The SMILES string of the molecule is O=[N+]([O-])c1ccc(S(=O)(=O)N[C@H]2c3ccccc3C=C[C@@H]2N(Cc2ccccc2)Cc2ccccc2)cc1. The molecule has 4 aromatic carbocycles. The smallest absolute Gasteiger partial charge is 0.269 e. The van der Waals surface area contributed by atoms with E-state index in [-0.39, 0.29) is 16.6 Å². The Hall–Kier alpha value is -4.11. The van der Waals surface area contributed by atoms with E-state index in [1.54, 1.807) is 0 Å². The number of non-ortho nitro benzene ring substituents is 1. The van der Waals surface area contributed by atoms with Crippen molar-refractivity contribution in [2.45, 2.75) is 30.1 Å². The molecule has 0 radical (unpaired) electrons. The fourth-order valence-corrected chi connectivity index (χ4v) is 6.02. The van der Waals surface area contributed by atoms with Crippen molar-refractivity contribution in [1.29, 1.82) is 0 Å². The third-order valence-corrected chi connectivity index (χ3v) is 8.12. The molecule has 2 atom stereocenters. The maximum Gasteiger partial charge on any atom is 0.269 e. The fraction of sp³-hybridized carbons (Fsp3) is 0.133. The molecule has 38 heavy (non-hydrogen) atoms. The van der Waals surface area contributed by atoms with Crippen molar-refractivity contribution in [1.82, 2.24) is 9.62 Å². The van der Waals surface area contributed by atoms with E-state index in [9.17, 15) is 18.5 Å². The number of nitro benzene ring substituents is 1. The second kappa shape index (κ2) is 11.1. The summed E-state index contributed by atoms with van der Waals surface area (Å²) in [6.45, 7) is 1.23. The van der Waals surface area contributed by atoms with Crippen molar-refractivity contribution in [2.24, 2.45) is 0 Å². The molecule has 1 aliphatic carbocycles. The summed E-state index contributed by atoms with van der Waals surface area (Å²) in [7, 11) is -3.99. The van der Waals surface area contributed by atoms with Crippen LogP contribution in [0.5, 0.6) is 0 Å². The Morgan fingerprint density at radius 2 is 1.32 bits per heavy atom. The lowest BCUT2D eigenvalue weighted by Crippen LogP contribution is -2.46. The summed E-state index contributed by atoms with van der Waals surface area (Å²) in [5, 5.41) is 11.1. The molecule has 0 amide bonds. The molecule has 1 N–H and O–H groups in total. The standard InChI is InChI=1S/C30H27N3O4S/c34-33(35)26-16-18-27(19-17-26)38(36,37)31-30-28-14-8-7-13-25(28)15-20-29(30)32(21-23-9-3-1-4-10-23)22-24-11-5-2-6-12-24/h1-20,29-31H,21-22H2/t29-,30-/m0/s1. The van der Waals surface area contributed by atoms with Crippen LogP contribution < -0.4 is 4.72 Å². The molecule has 0 saturated carbocycles. The van der Waals surface area contributed by atoms with Crippen LogP contribution in [0.4, 0.5) is 5.69 Å². The molecule has 0 unspecified atom stereocenters. The van der Waals surface area contributed by atoms with Crippen LogP contribution in [0.3, 0.4) is 0 Å². The van der Waals surface area contributed by atoms with Crippen LogP contribution in [0, 0.1) is 10.1 Å². The van der Waals surface area contributed by atoms with Crippen molar-refractivity contribution in [2.75, 3.05) is 0 Å². The van der Waals surface area contributed by atoms with Crippen LogP contribution in [-0.2, 0) is 23.1 Å². The molecule has 0 heterocycles. The second-order valence-corrected chi connectivity index (χ2v) is 10.9. The number of fused-ring (bicyclic) bond motifs is 1. The van der Waals surface area contributed by atoms with Crippen LogP contribution in [0.15, 0.2) is 120 Å². The van der Waals surface area contributed by atoms with Gasteiger partial charge < -0.3 is 0 Å². The number of hydrogen-bond acceptors (Lipinski definition) is 5. The van der Waals surface area contributed by atoms with E-state index in [1.807, 2.05) is 66.7 Å². The zero-order valence-corrected chi connectivity index (χ0v) is 21.4. The summed E-state index contributed by atoms with van der Waals surface area (Å²) < 4.78 is 30.0. The van der Waals surface area contributed by atoms with Gasteiger partial charge in [-0.05, 0) is 34.4 Å². The Kier molecular flexibility index (Phi) is 7.46. The first-order chi connectivity index (χ1) is 18.4. The minimum Gasteiger partial charge on any atom is -0.286 e. The average molecular weight is 526 g/mol. The summed E-state index contributed by atoms with van der Waals surface area (Å²) in [5.41, 5.74) is 3.89. The van der Waals surface area contributed by atoms with E-state index in [1.165, 1.54) is 24.3 Å². The molecular weight excluding hydrogens is 498 g/mol. The van der Waals surface area contributed by atoms with Crippen LogP contribution in [-0.4, -0.2) is 24.3 Å². The third-order valence-electron chi connectivity index (χ3n) is 6.66. The number of sulfonamides is 1. The quantitative estimate of drug-likeness (QED) is 0.223. The molecule has 7 nitrogen and oxygen atoms in total. The molecule has 0 spiro atoms. The molecule has 0 aliphatic heterocycles. The van der Waals surface area contributed by atoms with Gasteiger partial charge in [-0.2, -0.15) is 0 Å².